The molecule has 0 aromatic heterocycles. The molecule has 0 bridgehead atoms. The van der Waals surface area contributed by atoms with Gasteiger partial charge in [-0.25, -0.2) is 0 Å². The highest BCUT2D eigenvalue weighted by Crippen LogP contribution is 2.51. The van der Waals surface area contributed by atoms with Crippen LogP contribution in [-0.4, -0.2) is 6.71 Å². The summed E-state index contributed by atoms with van der Waals surface area (Å²) >= 11 is 0. The smallest absolute Gasteiger partial charge is 0.252 e. The van der Waals surface area contributed by atoms with Gasteiger partial charge in [-0.3, -0.25) is 0 Å². The summed E-state index contributed by atoms with van der Waals surface area (Å²) in [4.78, 5) is 5.16. The van der Waals surface area contributed by atoms with Crippen LogP contribution in [0.25, 0.3) is 44.5 Å². The molecule has 2 nitrogen and oxygen atoms in total. The zero-order chi connectivity index (χ0) is 43.9. The van der Waals surface area contributed by atoms with Gasteiger partial charge >= 0.3 is 0 Å². The third-order valence-corrected chi connectivity index (χ3v) is 14.7. The minimum absolute atomic E-state index is 0.0304. The molecular formula is C62H51BN2. The lowest BCUT2D eigenvalue weighted by atomic mass is 9.33. The molecule has 65 heavy (non-hydrogen) atoms. The fourth-order valence-corrected chi connectivity index (χ4v) is 11.2. The molecule has 3 heteroatoms. The Morgan fingerprint density at radius 2 is 0.692 bits per heavy atom. The first-order valence-electron chi connectivity index (χ1n) is 23.2. The number of hydrogen-bond donors (Lipinski definition) is 0. The number of nitrogens with zero attached hydrogens (tertiary/aromatic N) is 2. The van der Waals surface area contributed by atoms with Crippen molar-refractivity contribution in [2.24, 2.45) is 0 Å². The molecule has 2 aliphatic heterocycles. The average Bonchev–Trinajstić information content (AvgIpc) is 3.36. The van der Waals surface area contributed by atoms with Gasteiger partial charge in [0.15, 0.2) is 0 Å². The maximum atomic E-state index is 2.64. The fourth-order valence-electron chi connectivity index (χ4n) is 11.2. The molecule has 12 rings (SSSR count). The summed E-state index contributed by atoms with van der Waals surface area (Å²) in [6.45, 7) is 9.87. The molecule has 0 amide bonds. The molecule has 0 saturated heterocycles. The van der Waals surface area contributed by atoms with E-state index in [-0.39, 0.29) is 17.5 Å². The van der Waals surface area contributed by atoms with Crippen molar-refractivity contribution in [3.05, 3.63) is 223 Å². The Kier molecular flexibility index (Phi) is 9.14. The van der Waals surface area contributed by atoms with E-state index in [4.69, 9.17) is 0 Å². The Hall–Kier alpha value is -7.36. The number of anilines is 6. The predicted octanol–water partition coefficient (Wildman–Crippen LogP) is 14.8. The second-order valence-corrected chi connectivity index (χ2v) is 19.6. The van der Waals surface area contributed by atoms with E-state index in [1.54, 1.807) is 0 Å². The quantitative estimate of drug-likeness (QED) is 0.154. The van der Waals surface area contributed by atoms with Crippen LogP contribution in [-0.2, 0) is 10.8 Å². The molecule has 312 valence electrons. The lowest BCUT2D eigenvalue weighted by Crippen LogP contribution is -2.61. The zero-order valence-electron chi connectivity index (χ0n) is 37.6. The molecular weight excluding hydrogens is 784 g/mol. The standard InChI is InChI=1S/C62H51BN2/c1-61(2)32-33-62(3,4)53-41-59-55(40-52(53)61)63-54-28-17-18-29-56(54)64(50-36-46(42-20-9-5-10-21-42)34-47(37-50)43-22-11-6-12-23-43)57-30-19-31-58(60(57)63)65(59)51-38-48(44-24-13-7-14-25-44)35-49(39-51)45-26-15-8-16-27-45/h5-31,34-41H,32-33H2,1-4H3. The zero-order valence-corrected chi connectivity index (χ0v) is 37.6. The molecule has 0 atom stereocenters. The van der Waals surface area contributed by atoms with Crippen molar-refractivity contribution in [3.63, 3.8) is 0 Å². The van der Waals surface area contributed by atoms with Crippen LogP contribution in [0.1, 0.15) is 51.7 Å². The first-order valence-corrected chi connectivity index (χ1v) is 23.2. The molecule has 3 aliphatic rings. The summed E-state index contributed by atoms with van der Waals surface area (Å²) in [5, 5.41) is 0. The van der Waals surface area contributed by atoms with Gasteiger partial charge in [-0.2, -0.15) is 0 Å². The van der Waals surface area contributed by atoms with Gasteiger partial charge in [0.2, 0.25) is 0 Å². The van der Waals surface area contributed by atoms with Crippen LogP contribution in [0.3, 0.4) is 0 Å². The second-order valence-electron chi connectivity index (χ2n) is 19.6. The van der Waals surface area contributed by atoms with Gasteiger partial charge in [0.05, 0.1) is 0 Å². The third-order valence-electron chi connectivity index (χ3n) is 14.7. The second kappa shape index (κ2) is 15.1. The van der Waals surface area contributed by atoms with Crippen LogP contribution >= 0.6 is 0 Å². The summed E-state index contributed by atoms with van der Waals surface area (Å²) in [5.41, 5.74) is 23.9. The molecule has 0 fully saturated rings. The van der Waals surface area contributed by atoms with Crippen LogP contribution in [0, 0.1) is 0 Å². The molecule has 0 radical (unpaired) electrons. The van der Waals surface area contributed by atoms with Crippen molar-refractivity contribution in [1.82, 2.24) is 0 Å². The molecule has 0 N–H and O–H groups in total. The summed E-state index contributed by atoms with van der Waals surface area (Å²) in [5.74, 6) is 0. The van der Waals surface area contributed by atoms with Crippen LogP contribution in [0.4, 0.5) is 34.1 Å². The van der Waals surface area contributed by atoms with Crippen LogP contribution < -0.4 is 26.2 Å². The Morgan fingerprint density at radius 1 is 0.323 bits per heavy atom. The maximum Gasteiger partial charge on any atom is 0.252 e. The lowest BCUT2D eigenvalue weighted by molar-refractivity contribution is 0.332. The highest BCUT2D eigenvalue weighted by molar-refractivity contribution is 7.00. The number of para-hydroxylation sites is 1. The minimum atomic E-state index is 0.0304. The summed E-state index contributed by atoms with van der Waals surface area (Å²) in [6, 6.07) is 79.2. The van der Waals surface area contributed by atoms with Crippen LogP contribution in [0.15, 0.2) is 212 Å². The maximum absolute atomic E-state index is 2.64. The van der Waals surface area contributed by atoms with Crippen molar-refractivity contribution in [2.75, 3.05) is 9.80 Å². The Balaban J connectivity index is 1.16. The summed E-state index contributed by atoms with van der Waals surface area (Å²) < 4.78 is 0. The largest absolute Gasteiger partial charge is 0.311 e. The first kappa shape index (κ1) is 39.3. The fraction of sp³-hybridized carbons (Fsp3) is 0.129. The normalized spacial score (nSPS) is 15.1. The number of rotatable bonds is 6. The molecule has 0 saturated carbocycles. The third kappa shape index (κ3) is 6.55. The number of hydrogen-bond acceptors (Lipinski definition) is 2. The Labute approximate surface area is 384 Å². The molecule has 0 spiro atoms. The van der Waals surface area contributed by atoms with E-state index in [0.717, 1.165) is 24.2 Å². The van der Waals surface area contributed by atoms with Crippen molar-refractivity contribution in [1.29, 1.82) is 0 Å². The summed E-state index contributed by atoms with van der Waals surface area (Å²) in [6.07, 6.45) is 2.32. The highest BCUT2D eigenvalue weighted by Gasteiger charge is 2.46. The highest BCUT2D eigenvalue weighted by atomic mass is 15.2. The number of fused-ring (bicyclic) bond motifs is 5. The minimum Gasteiger partial charge on any atom is -0.311 e. The summed E-state index contributed by atoms with van der Waals surface area (Å²) in [7, 11) is 0. The van der Waals surface area contributed by atoms with E-state index in [9.17, 15) is 0 Å². The van der Waals surface area contributed by atoms with Gasteiger partial charge < -0.3 is 9.80 Å². The van der Waals surface area contributed by atoms with Gasteiger partial charge in [0, 0.05) is 34.1 Å². The average molecular weight is 835 g/mol. The van der Waals surface area contributed by atoms with Crippen molar-refractivity contribution < 1.29 is 0 Å². The predicted molar refractivity (Wildman–Crippen MR) is 277 cm³/mol. The van der Waals surface area contributed by atoms with Gasteiger partial charge in [-0.15, -0.1) is 0 Å². The van der Waals surface area contributed by atoms with E-state index in [1.165, 1.54) is 94.8 Å². The van der Waals surface area contributed by atoms with E-state index < -0.39 is 0 Å². The SMILES string of the molecule is CC1(C)CCC(C)(C)c2cc3c(cc21)B1c2ccccc2N(c2cc(-c4ccccc4)cc(-c4ccccc4)c2)c2cccc(c21)N3c1cc(-c2ccccc2)cc(-c2ccccc2)c1. The number of benzene rings is 9. The van der Waals surface area contributed by atoms with Crippen molar-refractivity contribution >= 4 is 57.2 Å². The Morgan fingerprint density at radius 3 is 1.14 bits per heavy atom. The van der Waals surface area contributed by atoms with E-state index >= 15 is 0 Å². The Bertz CT molecular complexity index is 3150. The first-order chi connectivity index (χ1) is 31.7. The van der Waals surface area contributed by atoms with Crippen LogP contribution in [0.2, 0.25) is 0 Å². The molecule has 2 heterocycles. The van der Waals surface area contributed by atoms with Gasteiger partial charge in [-0.1, -0.05) is 179 Å². The van der Waals surface area contributed by atoms with Gasteiger partial charge in [-0.05, 0) is 156 Å². The monoisotopic (exact) mass is 834 g/mol. The van der Waals surface area contributed by atoms with Gasteiger partial charge in [0.1, 0.15) is 0 Å². The molecule has 0 unspecified atom stereocenters. The molecule has 1 aliphatic carbocycles. The van der Waals surface area contributed by atoms with E-state index in [1.807, 2.05) is 0 Å². The molecule has 9 aromatic rings. The molecule has 9 aromatic carbocycles. The van der Waals surface area contributed by atoms with Crippen molar-refractivity contribution in [3.8, 4) is 44.5 Å². The van der Waals surface area contributed by atoms with Gasteiger partial charge in [0.25, 0.3) is 6.71 Å². The van der Waals surface area contributed by atoms with Crippen molar-refractivity contribution in [2.45, 2.75) is 51.4 Å². The van der Waals surface area contributed by atoms with E-state index in [0.29, 0.717) is 0 Å². The van der Waals surface area contributed by atoms with E-state index in [2.05, 4.69) is 250 Å². The van der Waals surface area contributed by atoms with Crippen LogP contribution in [0.5, 0.6) is 0 Å². The lowest BCUT2D eigenvalue weighted by Gasteiger charge is -2.47. The topological polar surface area (TPSA) is 6.48 Å².